The third kappa shape index (κ3) is 2.60. The van der Waals surface area contributed by atoms with Gasteiger partial charge in [-0.2, -0.15) is 0 Å². The highest BCUT2D eigenvalue weighted by Gasteiger charge is 1.99. The van der Waals surface area contributed by atoms with Crippen LogP contribution in [0, 0.1) is 0 Å². The SMILES string of the molecule is CN=C/C=C(\N)c1ccc(N)c(Br)c1. The number of nitrogens with two attached hydrogens (primary N) is 2. The van der Waals surface area contributed by atoms with Gasteiger partial charge < -0.3 is 11.5 Å². The highest BCUT2D eigenvalue weighted by molar-refractivity contribution is 9.10. The molecule has 4 heteroatoms. The van der Waals surface area contributed by atoms with Gasteiger partial charge in [0.05, 0.1) is 0 Å². The molecule has 1 aromatic rings. The highest BCUT2D eigenvalue weighted by Crippen LogP contribution is 2.22. The van der Waals surface area contributed by atoms with Gasteiger partial charge >= 0.3 is 0 Å². The molecule has 3 nitrogen and oxygen atoms in total. The Morgan fingerprint density at radius 1 is 1.50 bits per heavy atom. The maximum absolute atomic E-state index is 5.81. The van der Waals surface area contributed by atoms with Crippen molar-refractivity contribution in [2.45, 2.75) is 0 Å². The fourth-order valence-corrected chi connectivity index (χ4v) is 1.34. The summed E-state index contributed by atoms with van der Waals surface area (Å²) in [7, 11) is 1.70. The fraction of sp³-hybridized carbons (Fsp3) is 0.100. The Morgan fingerprint density at radius 3 is 2.79 bits per heavy atom. The molecule has 0 unspecified atom stereocenters. The van der Waals surface area contributed by atoms with Gasteiger partial charge in [0.2, 0.25) is 0 Å². The zero-order chi connectivity index (χ0) is 10.6. The minimum absolute atomic E-state index is 0.663. The van der Waals surface area contributed by atoms with Gasteiger partial charge in [-0.1, -0.05) is 6.07 Å². The van der Waals surface area contributed by atoms with Gasteiger partial charge in [-0.05, 0) is 39.7 Å². The first kappa shape index (κ1) is 10.8. The van der Waals surface area contributed by atoms with E-state index in [1.54, 1.807) is 19.3 Å². The van der Waals surface area contributed by atoms with E-state index in [2.05, 4.69) is 20.9 Å². The van der Waals surface area contributed by atoms with Crippen molar-refractivity contribution in [3.63, 3.8) is 0 Å². The van der Waals surface area contributed by atoms with E-state index >= 15 is 0 Å². The number of nitrogen functional groups attached to an aromatic ring is 1. The predicted molar refractivity (Wildman–Crippen MR) is 65.1 cm³/mol. The van der Waals surface area contributed by atoms with Gasteiger partial charge in [-0.15, -0.1) is 0 Å². The second-order valence-electron chi connectivity index (χ2n) is 2.77. The van der Waals surface area contributed by atoms with E-state index in [9.17, 15) is 0 Å². The monoisotopic (exact) mass is 253 g/mol. The summed E-state index contributed by atoms with van der Waals surface area (Å²) in [6.07, 6.45) is 3.40. The standard InChI is InChI=1S/C10H12BrN3/c1-14-5-4-9(12)7-2-3-10(13)8(11)6-7/h2-6H,12-13H2,1H3/b9-4-,14-5?. The summed E-state index contributed by atoms with van der Waals surface area (Å²) in [6.45, 7) is 0. The van der Waals surface area contributed by atoms with Crippen molar-refractivity contribution in [2.24, 2.45) is 10.7 Å². The summed E-state index contributed by atoms with van der Waals surface area (Å²) in [5.74, 6) is 0. The number of hydrogen-bond acceptors (Lipinski definition) is 3. The summed E-state index contributed by atoms with van der Waals surface area (Å²) in [6, 6.07) is 5.56. The van der Waals surface area contributed by atoms with Crippen molar-refractivity contribution >= 4 is 33.5 Å². The van der Waals surface area contributed by atoms with Crippen LogP contribution in [0.25, 0.3) is 5.70 Å². The third-order valence-electron chi connectivity index (χ3n) is 1.74. The summed E-state index contributed by atoms with van der Waals surface area (Å²) >= 11 is 3.34. The van der Waals surface area contributed by atoms with Crippen LogP contribution in [0.4, 0.5) is 5.69 Å². The highest BCUT2D eigenvalue weighted by atomic mass is 79.9. The summed E-state index contributed by atoms with van der Waals surface area (Å²) in [5.41, 5.74) is 13.7. The lowest BCUT2D eigenvalue weighted by Crippen LogP contribution is -1.97. The molecular formula is C10H12BrN3. The second-order valence-corrected chi connectivity index (χ2v) is 3.62. The summed E-state index contributed by atoms with van der Waals surface area (Å²) in [4.78, 5) is 3.82. The molecule has 4 N–H and O–H groups in total. The summed E-state index contributed by atoms with van der Waals surface area (Å²) in [5, 5.41) is 0. The van der Waals surface area contributed by atoms with Crippen LogP contribution in [-0.4, -0.2) is 13.3 Å². The number of halogens is 1. The number of allylic oxidation sites excluding steroid dienone is 1. The first-order valence-electron chi connectivity index (χ1n) is 4.08. The molecule has 0 aliphatic rings. The van der Waals surface area contributed by atoms with Crippen molar-refractivity contribution in [2.75, 3.05) is 12.8 Å². The maximum atomic E-state index is 5.81. The number of benzene rings is 1. The van der Waals surface area contributed by atoms with Crippen molar-refractivity contribution < 1.29 is 0 Å². The van der Waals surface area contributed by atoms with E-state index in [0.29, 0.717) is 11.4 Å². The number of nitrogens with zero attached hydrogens (tertiary/aromatic N) is 1. The minimum Gasteiger partial charge on any atom is -0.398 e. The zero-order valence-electron chi connectivity index (χ0n) is 7.87. The van der Waals surface area contributed by atoms with Crippen LogP contribution in [0.2, 0.25) is 0 Å². The fourth-order valence-electron chi connectivity index (χ4n) is 0.958. The zero-order valence-corrected chi connectivity index (χ0v) is 9.45. The van der Waals surface area contributed by atoms with Crippen LogP contribution in [0.15, 0.2) is 33.7 Å². The van der Waals surface area contributed by atoms with Crippen molar-refractivity contribution in [3.05, 3.63) is 34.3 Å². The molecule has 0 aliphatic carbocycles. The molecule has 0 spiro atoms. The average Bonchev–Trinajstić information content (AvgIpc) is 2.18. The Morgan fingerprint density at radius 2 is 2.21 bits per heavy atom. The Balaban J connectivity index is 3.02. The smallest absolute Gasteiger partial charge is 0.0458 e. The van der Waals surface area contributed by atoms with Crippen LogP contribution in [0.1, 0.15) is 5.56 Å². The lowest BCUT2D eigenvalue weighted by atomic mass is 10.1. The molecule has 0 saturated carbocycles. The molecule has 74 valence electrons. The van der Waals surface area contributed by atoms with Crippen molar-refractivity contribution in [3.8, 4) is 0 Å². The first-order chi connectivity index (χ1) is 6.65. The number of anilines is 1. The van der Waals surface area contributed by atoms with Crippen molar-refractivity contribution in [1.29, 1.82) is 0 Å². The Kier molecular flexibility index (Phi) is 3.71. The number of rotatable bonds is 2. The quantitative estimate of drug-likeness (QED) is 0.626. The molecule has 0 radical (unpaired) electrons. The molecule has 0 heterocycles. The normalized spacial score (nSPS) is 12.3. The van der Waals surface area contributed by atoms with Gasteiger partial charge in [-0.3, -0.25) is 4.99 Å². The molecule has 1 rings (SSSR count). The van der Waals surface area contributed by atoms with E-state index in [0.717, 1.165) is 10.0 Å². The third-order valence-corrected chi connectivity index (χ3v) is 2.42. The molecule has 0 atom stereocenters. The molecule has 0 saturated heterocycles. The van der Waals surface area contributed by atoms with Crippen LogP contribution < -0.4 is 11.5 Å². The number of aliphatic imine (C=N–C) groups is 1. The maximum Gasteiger partial charge on any atom is 0.0458 e. The van der Waals surface area contributed by atoms with E-state index in [-0.39, 0.29) is 0 Å². The number of hydrogen-bond donors (Lipinski definition) is 2. The van der Waals surface area contributed by atoms with Gasteiger partial charge in [0.15, 0.2) is 0 Å². The molecular weight excluding hydrogens is 242 g/mol. The largest absolute Gasteiger partial charge is 0.398 e. The van der Waals surface area contributed by atoms with Crippen LogP contribution in [-0.2, 0) is 0 Å². The molecule has 0 amide bonds. The van der Waals surface area contributed by atoms with Gasteiger partial charge in [0, 0.05) is 29.1 Å². The van der Waals surface area contributed by atoms with Crippen LogP contribution in [0.5, 0.6) is 0 Å². The molecule has 0 fully saturated rings. The van der Waals surface area contributed by atoms with Gasteiger partial charge in [-0.25, -0.2) is 0 Å². The van der Waals surface area contributed by atoms with Crippen LogP contribution >= 0.6 is 15.9 Å². The van der Waals surface area contributed by atoms with Crippen LogP contribution in [0.3, 0.4) is 0 Å². The Labute approximate surface area is 91.6 Å². The lowest BCUT2D eigenvalue weighted by molar-refractivity contribution is 1.46. The molecule has 0 bridgehead atoms. The van der Waals surface area contributed by atoms with Crippen molar-refractivity contribution in [1.82, 2.24) is 0 Å². The predicted octanol–water partition coefficient (Wildman–Crippen LogP) is 2.03. The topological polar surface area (TPSA) is 64.4 Å². The van der Waals surface area contributed by atoms with Gasteiger partial charge in [0.1, 0.15) is 0 Å². The van der Waals surface area contributed by atoms with E-state index in [1.165, 1.54) is 0 Å². The van der Waals surface area contributed by atoms with E-state index < -0.39 is 0 Å². The Bertz CT molecular complexity index is 383. The molecule has 1 aromatic carbocycles. The molecule has 0 aliphatic heterocycles. The Hall–Kier alpha value is -1.29. The van der Waals surface area contributed by atoms with E-state index in [4.69, 9.17) is 11.5 Å². The second kappa shape index (κ2) is 4.81. The lowest BCUT2D eigenvalue weighted by Gasteiger charge is -2.03. The van der Waals surface area contributed by atoms with Gasteiger partial charge in [0.25, 0.3) is 0 Å². The molecule has 14 heavy (non-hydrogen) atoms. The minimum atomic E-state index is 0.663. The summed E-state index contributed by atoms with van der Waals surface area (Å²) < 4.78 is 0.847. The first-order valence-corrected chi connectivity index (χ1v) is 4.87. The molecule has 0 aromatic heterocycles. The average molecular weight is 254 g/mol. The van der Waals surface area contributed by atoms with E-state index in [1.807, 2.05) is 18.2 Å².